The second-order valence-electron chi connectivity index (χ2n) is 1.38. The molecule has 0 aliphatic heterocycles. The minimum Gasteiger partial charge on any atom is -0.282 e. The van der Waals surface area contributed by atoms with Crippen LogP contribution < -0.4 is 0 Å². The molecule has 0 atom stereocenters. The van der Waals surface area contributed by atoms with Crippen LogP contribution in [0.1, 0.15) is 12.6 Å². The van der Waals surface area contributed by atoms with E-state index in [2.05, 4.69) is 23.3 Å². The summed E-state index contributed by atoms with van der Waals surface area (Å²) < 4.78 is 0. The lowest BCUT2D eigenvalue weighted by atomic mass is 10.4. The summed E-state index contributed by atoms with van der Waals surface area (Å²) >= 11 is 0. The number of hydrogen-bond acceptors (Lipinski definition) is 1. The van der Waals surface area contributed by atoms with Gasteiger partial charge in [0.05, 0.1) is 0 Å². The Balaban J connectivity index is 2.76. The number of hydrogen-bond donors (Lipinski definition) is 1. The van der Waals surface area contributed by atoms with Crippen molar-refractivity contribution in [2.75, 3.05) is 0 Å². The number of rotatable bonds is 1. The first-order valence-corrected chi connectivity index (χ1v) is 2.34. The SMILES string of the molecule is CCc1c[c]n[nH]1. The van der Waals surface area contributed by atoms with Gasteiger partial charge in [0.25, 0.3) is 0 Å². The second-order valence-corrected chi connectivity index (χ2v) is 1.38. The predicted octanol–water partition coefficient (Wildman–Crippen LogP) is 0.772. The van der Waals surface area contributed by atoms with Gasteiger partial charge < -0.3 is 0 Å². The number of aromatic amines is 1. The third-order valence-electron chi connectivity index (χ3n) is 0.884. The highest BCUT2D eigenvalue weighted by molar-refractivity contribution is 4.94. The van der Waals surface area contributed by atoms with E-state index in [0.717, 1.165) is 12.1 Å². The van der Waals surface area contributed by atoms with Crippen molar-refractivity contribution < 1.29 is 0 Å². The molecular formula is C5H7N2. The Morgan fingerprint density at radius 2 is 2.86 bits per heavy atom. The van der Waals surface area contributed by atoms with Crippen LogP contribution in [0.2, 0.25) is 0 Å². The number of aromatic nitrogens is 2. The van der Waals surface area contributed by atoms with E-state index < -0.39 is 0 Å². The fourth-order valence-corrected chi connectivity index (χ4v) is 0.428. The maximum absolute atomic E-state index is 3.64. The van der Waals surface area contributed by atoms with E-state index in [0.29, 0.717) is 0 Å². The molecule has 0 aliphatic rings. The predicted molar refractivity (Wildman–Crippen MR) is 26.8 cm³/mol. The van der Waals surface area contributed by atoms with Gasteiger partial charge in [0.15, 0.2) is 0 Å². The van der Waals surface area contributed by atoms with Gasteiger partial charge in [-0.15, -0.1) is 0 Å². The molecule has 2 nitrogen and oxygen atoms in total. The Morgan fingerprint density at radius 1 is 2.00 bits per heavy atom. The molecule has 1 rings (SSSR count). The largest absolute Gasteiger partial charge is 0.282 e. The van der Waals surface area contributed by atoms with Gasteiger partial charge in [-0.1, -0.05) is 6.92 Å². The number of H-pyrrole nitrogens is 1. The minimum atomic E-state index is 1.01. The van der Waals surface area contributed by atoms with Crippen molar-refractivity contribution in [2.45, 2.75) is 13.3 Å². The monoisotopic (exact) mass is 95.1 g/mol. The van der Waals surface area contributed by atoms with E-state index in [1.807, 2.05) is 6.07 Å². The summed E-state index contributed by atoms with van der Waals surface area (Å²) in [5, 5.41) is 6.42. The first kappa shape index (κ1) is 4.37. The van der Waals surface area contributed by atoms with E-state index in [4.69, 9.17) is 0 Å². The van der Waals surface area contributed by atoms with E-state index >= 15 is 0 Å². The Kier molecular flexibility index (Phi) is 1.11. The number of nitrogens with zero attached hydrogens (tertiary/aromatic N) is 1. The lowest BCUT2D eigenvalue weighted by molar-refractivity contribution is 0.973. The maximum atomic E-state index is 3.64. The summed E-state index contributed by atoms with van der Waals surface area (Å²) in [7, 11) is 0. The van der Waals surface area contributed by atoms with Crippen molar-refractivity contribution in [3.05, 3.63) is 18.0 Å². The highest BCUT2D eigenvalue weighted by Gasteiger charge is 1.83. The molecule has 0 aromatic carbocycles. The molecule has 0 saturated heterocycles. The Morgan fingerprint density at radius 3 is 3.14 bits per heavy atom. The Hall–Kier alpha value is -0.790. The van der Waals surface area contributed by atoms with Crippen LogP contribution in [0.15, 0.2) is 6.07 Å². The fraction of sp³-hybridized carbons (Fsp3) is 0.400. The van der Waals surface area contributed by atoms with E-state index in [1.54, 1.807) is 0 Å². The highest BCUT2D eigenvalue weighted by atomic mass is 15.1. The summed E-state index contributed by atoms with van der Waals surface area (Å²) in [6.07, 6.45) is 3.69. The Bertz CT molecular complexity index is 121. The summed E-state index contributed by atoms with van der Waals surface area (Å²) in [6, 6.07) is 1.85. The van der Waals surface area contributed by atoms with Crippen LogP contribution >= 0.6 is 0 Å². The highest BCUT2D eigenvalue weighted by Crippen LogP contribution is 1.88. The van der Waals surface area contributed by atoms with Crippen molar-refractivity contribution in [1.29, 1.82) is 0 Å². The van der Waals surface area contributed by atoms with Gasteiger partial charge in [-0.25, -0.2) is 0 Å². The van der Waals surface area contributed by atoms with E-state index in [-0.39, 0.29) is 0 Å². The van der Waals surface area contributed by atoms with Gasteiger partial charge in [0, 0.05) is 5.69 Å². The zero-order chi connectivity index (χ0) is 5.11. The Labute approximate surface area is 42.6 Å². The molecule has 0 amide bonds. The van der Waals surface area contributed by atoms with Crippen LogP contribution in [-0.4, -0.2) is 10.2 Å². The number of nitrogens with one attached hydrogen (secondary N) is 1. The third-order valence-corrected chi connectivity index (χ3v) is 0.884. The third kappa shape index (κ3) is 0.796. The molecule has 0 saturated carbocycles. The van der Waals surface area contributed by atoms with Crippen molar-refractivity contribution in [2.24, 2.45) is 0 Å². The summed E-state index contributed by atoms with van der Waals surface area (Å²) in [4.78, 5) is 0. The molecule has 2 heteroatoms. The summed E-state index contributed by atoms with van der Waals surface area (Å²) in [5.74, 6) is 0. The maximum Gasteiger partial charge on any atom is 0.113 e. The average molecular weight is 95.1 g/mol. The normalized spacial score (nSPS) is 9.29. The van der Waals surface area contributed by atoms with Gasteiger partial charge in [0.1, 0.15) is 6.20 Å². The van der Waals surface area contributed by atoms with Gasteiger partial charge in [-0.3, -0.25) is 5.10 Å². The van der Waals surface area contributed by atoms with E-state index in [1.165, 1.54) is 0 Å². The zero-order valence-corrected chi connectivity index (χ0v) is 4.23. The average Bonchev–Trinajstić information content (AvgIpc) is 2.14. The standard InChI is InChI=1S/C5H7N2/c1-2-5-3-4-6-7-5/h3H,2H2,1H3,(H,6,7). The number of aryl methyl sites for hydroxylation is 1. The molecule has 1 aromatic heterocycles. The van der Waals surface area contributed by atoms with Gasteiger partial charge in [-0.05, 0) is 12.5 Å². The second kappa shape index (κ2) is 1.78. The molecule has 0 aliphatic carbocycles. The molecule has 7 heavy (non-hydrogen) atoms. The molecule has 0 fully saturated rings. The lowest BCUT2D eigenvalue weighted by Crippen LogP contribution is -1.75. The first-order chi connectivity index (χ1) is 3.43. The molecule has 37 valence electrons. The fourth-order valence-electron chi connectivity index (χ4n) is 0.428. The van der Waals surface area contributed by atoms with Crippen molar-refractivity contribution in [1.82, 2.24) is 10.2 Å². The van der Waals surface area contributed by atoms with Crippen LogP contribution in [0.25, 0.3) is 0 Å². The van der Waals surface area contributed by atoms with Crippen molar-refractivity contribution in [3.8, 4) is 0 Å². The first-order valence-electron chi connectivity index (χ1n) is 2.34. The van der Waals surface area contributed by atoms with Crippen LogP contribution in [-0.2, 0) is 6.42 Å². The zero-order valence-electron chi connectivity index (χ0n) is 4.23. The van der Waals surface area contributed by atoms with E-state index in [9.17, 15) is 0 Å². The molecule has 1 aromatic rings. The lowest BCUT2D eigenvalue weighted by Gasteiger charge is -1.79. The van der Waals surface area contributed by atoms with Gasteiger partial charge >= 0.3 is 0 Å². The van der Waals surface area contributed by atoms with Crippen LogP contribution in [0.3, 0.4) is 0 Å². The molecule has 0 unspecified atom stereocenters. The molecular weight excluding hydrogens is 88.1 g/mol. The topological polar surface area (TPSA) is 28.7 Å². The summed E-state index contributed by atoms with van der Waals surface area (Å²) in [5.41, 5.74) is 1.14. The molecule has 0 bridgehead atoms. The molecule has 1 radical (unpaired) electrons. The minimum absolute atomic E-state index is 1.01. The quantitative estimate of drug-likeness (QED) is 0.548. The molecule has 0 spiro atoms. The van der Waals surface area contributed by atoms with Gasteiger partial charge in [-0.2, -0.15) is 5.10 Å². The van der Waals surface area contributed by atoms with Gasteiger partial charge in [0.2, 0.25) is 0 Å². The molecule has 1 heterocycles. The molecule has 1 N–H and O–H groups in total. The van der Waals surface area contributed by atoms with Crippen LogP contribution in [0.5, 0.6) is 0 Å². The van der Waals surface area contributed by atoms with Crippen LogP contribution in [0, 0.1) is 6.20 Å². The van der Waals surface area contributed by atoms with Crippen molar-refractivity contribution >= 4 is 0 Å². The summed E-state index contributed by atoms with van der Waals surface area (Å²) in [6.45, 7) is 2.07. The van der Waals surface area contributed by atoms with Crippen LogP contribution in [0.4, 0.5) is 0 Å². The smallest absolute Gasteiger partial charge is 0.113 e. The van der Waals surface area contributed by atoms with Crippen molar-refractivity contribution in [3.63, 3.8) is 0 Å².